The van der Waals surface area contributed by atoms with Crippen LogP contribution in [0.25, 0.3) is 0 Å². The third-order valence-corrected chi connectivity index (χ3v) is 6.35. The van der Waals surface area contributed by atoms with E-state index in [1.54, 1.807) is 13.1 Å². The van der Waals surface area contributed by atoms with Crippen LogP contribution in [-0.2, 0) is 23.1 Å². The molecule has 2 heterocycles. The summed E-state index contributed by atoms with van der Waals surface area (Å²) in [6, 6.07) is 0. The largest absolute Gasteiger partial charge is 0.326 e. The molecule has 0 spiro atoms. The Labute approximate surface area is 120 Å². The predicted octanol–water partition coefficient (Wildman–Crippen LogP) is 1.76. The number of sulfonamides is 1. The average molecular weight is 317 g/mol. The van der Waals surface area contributed by atoms with Gasteiger partial charge in [0.05, 0.1) is 5.01 Å². The molecule has 2 rings (SSSR count). The molecule has 2 aromatic rings. The van der Waals surface area contributed by atoms with Crippen molar-refractivity contribution in [3.63, 3.8) is 0 Å². The van der Waals surface area contributed by atoms with Gasteiger partial charge in [0.25, 0.3) is 0 Å². The third kappa shape index (κ3) is 3.21. The van der Waals surface area contributed by atoms with Crippen LogP contribution in [-0.4, -0.2) is 13.4 Å². The summed E-state index contributed by atoms with van der Waals surface area (Å²) in [4.78, 5) is 6.00. The number of aromatic nitrogens is 1. The Hall–Kier alpha value is -0.800. The molecule has 104 valence electrons. The third-order valence-electron chi connectivity index (χ3n) is 2.55. The molecule has 0 fully saturated rings. The van der Waals surface area contributed by atoms with Crippen molar-refractivity contribution >= 4 is 32.7 Å². The molecule has 0 aromatic carbocycles. The maximum absolute atomic E-state index is 12.3. The summed E-state index contributed by atoms with van der Waals surface area (Å²) in [5.74, 6) is 0. The van der Waals surface area contributed by atoms with Gasteiger partial charge in [-0.15, -0.1) is 22.7 Å². The molecule has 5 nitrogen and oxygen atoms in total. The van der Waals surface area contributed by atoms with Gasteiger partial charge in [-0.25, -0.2) is 18.1 Å². The average Bonchev–Trinajstić information content (AvgIpc) is 2.93. The predicted molar refractivity (Wildman–Crippen MR) is 77.8 cm³/mol. The smallest absolute Gasteiger partial charge is 0.242 e. The van der Waals surface area contributed by atoms with Gasteiger partial charge in [0.2, 0.25) is 10.0 Å². The van der Waals surface area contributed by atoms with Gasteiger partial charge in [-0.1, -0.05) is 0 Å². The summed E-state index contributed by atoms with van der Waals surface area (Å²) in [6.45, 7) is 4.15. The van der Waals surface area contributed by atoms with E-state index in [1.807, 2.05) is 12.3 Å². The van der Waals surface area contributed by atoms with E-state index in [2.05, 4.69) is 9.71 Å². The molecule has 0 aliphatic rings. The summed E-state index contributed by atoms with van der Waals surface area (Å²) < 4.78 is 27.2. The van der Waals surface area contributed by atoms with Crippen molar-refractivity contribution in [3.05, 3.63) is 31.9 Å². The molecule has 8 heteroatoms. The standard InChI is InChI=1S/C11H15N3O2S3/c1-7-6-17-10(3-12)11(7)19(15,16)14-5-9-4-13-8(2)18-9/h4,6,14H,3,5,12H2,1-2H3. The number of nitrogens with one attached hydrogen (secondary N) is 1. The highest BCUT2D eigenvalue weighted by atomic mass is 32.2. The lowest BCUT2D eigenvalue weighted by Gasteiger charge is -2.07. The molecule has 0 saturated carbocycles. The molecule has 0 amide bonds. The van der Waals surface area contributed by atoms with Crippen LogP contribution in [0.5, 0.6) is 0 Å². The molecule has 19 heavy (non-hydrogen) atoms. The highest BCUT2D eigenvalue weighted by molar-refractivity contribution is 7.89. The maximum atomic E-state index is 12.3. The van der Waals surface area contributed by atoms with E-state index in [1.165, 1.54) is 22.7 Å². The molecule has 0 atom stereocenters. The number of thiazole rings is 1. The van der Waals surface area contributed by atoms with Crippen LogP contribution < -0.4 is 10.5 Å². The van der Waals surface area contributed by atoms with Crippen LogP contribution in [0.3, 0.4) is 0 Å². The zero-order valence-corrected chi connectivity index (χ0v) is 13.1. The molecular formula is C11H15N3O2S3. The number of hydrogen-bond acceptors (Lipinski definition) is 6. The second-order valence-electron chi connectivity index (χ2n) is 4.05. The van der Waals surface area contributed by atoms with Crippen molar-refractivity contribution in [3.8, 4) is 0 Å². The number of nitrogens with zero attached hydrogens (tertiary/aromatic N) is 1. The minimum Gasteiger partial charge on any atom is -0.326 e. The molecule has 0 bridgehead atoms. The molecule has 0 saturated heterocycles. The van der Waals surface area contributed by atoms with Crippen LogP contribution >= 0.6 is 22.7 Å². The minimum absolute atomic E-state index is 0.231. The molecule has 3 N–H and O–H groups in total. The van der Waals surface area contributed by atoms with E-state index in [-0.39, 0.29) is 13.1 Å². The van der Waals surface area contributed by atoms with Crippen LogP contribution in [0.2, 0.25) is 0 Å². The van der Waals surface area contributed by atoms with Crippen molar-refractivity contribution in [1.82, 2.24) is 9.71 Å². The lowest BCUT2D eigenvalue weighted by Crippen LogP contribution is -2.24. The Morgan fingerprint density at radius 3 is 2.74 bits per heavy atom. The number of rotatable bonds is 5. The first-order chi connectivity index (χ1) is 8.94. The van der Waals surface area contributed by atoms with Gasteiger partial charge in [-0.05, 0) is 24.8 Å². The van der Waals surface area contributed by atoms with Gasteiger partial charge in [-0.2, -0.15) is 0 Å². The van der Waals surface area contributed by atoms with Crippen LogP contribution in [0, 0.1) is 13.8 Å². The van der Waals surface area contributed by atoms with E-state index < -0.39 is 10.0 Å². The van der Waals surface area contributed by atoms with E-state index in [4.69, 9.17) is 5.73 Å². The quantitative estimate of drug-likeness (QED) is 0.880. The first kappa shape index (κ1) is 14.6. The summed E-state index contributed by atoms with van der Waals surface area (Å²) >= 11 is 2.85. The number of hydrogen-bond donors (Lipinski definition) is 2. The fraction of sp³-hybridized carbons (Fsp3) is 0.364. The van der Waals surface area contributed by atoms with Crippen molar-refractivity contribution < 1.29 is 8.42 Å². The van der Waals surface area contributed by atoms with Gasteiger partial charge >= 0.3 is 0 Å². The second-order valence-corrected chi connectivity index (χ2v) is 8.03. The molecular weight excluding hydrogens is 302 g/mol. The van der Waals surface area contributed by atoms with Crippen LogP contribution in [0.15, 0.2) is 16.5 Å². The summed E-state index contributed by atoms with van der Waals surface area (Å²) in [5, 5.41) is 2.73. The first-order valence-electron chi connectivity index (χ1n) is 5.62. The maximum Gasteiger partial charge on any atom is 0.242 e. The Balaban J connectivity index is 2.20. The van der Waals surface area contributed by atoms with Gasteiger partial charge in [0, 0.05) is 29.0 Å². The Morgan fingerprint density at radius 1 is 1.42 bits per heavy atom. The topological polar surface area (TPSA) is 85.1 Å². The number of nitrogens with two attached hydrogens (primary N) is 1. The highest BCUT2D eigenvalue weighted by Gasteiger charge is 2.22. The van der Waals surface area contributed by atoms with Crippen LogP contribution in [0.4, 0.5) is 0 Å². The fourth-order valence-electron chi connectivity index (χ4n) is 1.71. The van der Waals surface area contributed by atoms with Crippen LogP contribution in [0.1, 0.15) is 20.3 Å². The summed E-state index contributed by atoms with van der Waals surface area (Å²) in [6.07, 6.45) is 1.69. The lowest BCUT2D eigenvalue weighted by atomic mass is 10.3. The molecule has 2 aromatic heterocycles. The van der Waals surface area contributed by atoms with E-state index in [0.29, 0.717) is 9.77 Å². The number of aryl methyl sites for hydroxylation is 2. The second kappa shape index (κ2) is 5.68. The SMILES string of the molecule is Cc1ncc(CNS(=O)(=O)c2c(C)csc2CN)s1. The Bertz CT molecular complexity index is 673. The van der Waals surface area contributed by atoms with Crippen molar-refractivity contribution in [2.45, 2.75) is 31.8 Å². The van der Waals surface area contributed by atoms with E-state index in [0.717, 1.165) is 15.4 Å². The van der Waals surface area contributed by atoms with E-state index in [9.17, 15) is 8.42 Å². The zero-order valence-electron chi connectivity index (χ0n) is 10.6. The Kier molecular flexibility index (Phi) is 4.36. The van der Waals surface area contributed by atoms with E-state index >= 15 is 0 Å². The van der Waals surface area contributed by atoms with Crippen molar-refractivity contribution in [1.29, 1.82) is 0 Å². The summed E-state index contributed by atoms with van der Waals surface area (Å²) in [7, 11) is -3.52. The fourth-order valence-corrected chi connectivity index (χ4v) is 5.25. The molecule has 0 aliphatic carbocycles. The summed E-state index contributed by atoms with van der Waals surface area (Å²) in [5.41, 5.74) is 6.32. The van der Waals surface area contributed by atoms with Crippen molar-refractivity contribution in [2.24, 2.45) is 5.73 Å². The van der Waals surface area contributed by atoms with Gasteiger partial charge in [-0.3, -0.25) is 0 Å². The van der Waals surface area contributed by atoms with Crippen molar-refractivity contribution in [2.75, 3.05) is 0 Å². The lowest BCUT2D eigenvalue weighted by molar-refractivity contribution is 0.580. The molecule has 0 radical (unpaired) electrons. The molecule has 0 unspecified atom stereocenters. The number of thiophene rings is 1. The monoisotopic (exact) mass is 317 g/mol. The highest BCUT2D eigenvalue weighted by Crippen LogP contribution is 2.26. The van der Waals surface area contributed by atoms with Gasteiger partial charge in [0.15, 0.2) is 0 Å². The zero-order chi connectivity index (χ0) is 14.0. The Morgan fingerprint density at radius 2 is 2.16 bits per heavy atom. The normalized spacial score (nSPS) is 11.9. The first-order valence-corrected chi connectivity index (χ1v) is 8.80. The van der Waals surface area contributed by atoms with Gasteiger partial charge < -0.3 is 5.73 Å². The molecule has 0 aliphatic heterocycles. The minimum atomic E-state index is -3.52. The van der Waals surface area contributed by atoms with Gasteiger partial charge in [0.1, 0.15) is 4.90 Å².